The fourth-order valence-electron chi connectivity index (χ4n) is 3.05. The molecule has 5 nitrogen and oxygen atoms in total. The van der Waals surface area contributed by atoms with Crippen LogP contribution in [-0.4, -0.2) is 43.3 Å². The van der Waals surface area contributed by atoms with E-state index < -0.39 is 15.6 Å². The molecule has 0 bridgehead atoms. The number of ketones is 1. The molecule has 0 aromatic heterocycles. The molecule has 0 radical (unpaired) electrons. The molecule has 0 N–H and O–H groups in total. The van der Waals surface area contributed by atoms with E-state index in [1.165, 1.54) is 11.2 Å². The third-order valence-electron chi connectivity index (χ3n) is 4.42. The van der Waals surface area contributed by atoms with Crippen molar-refractivity contribution >= 4 is 15.8 Å². The van der Waals surface area contributed by atoms with Crippen LogP contribution >= 0.6 is 0 Å². The minimum absolute atomic E-state index is 0.0847. The van der Waals surface area contributed by atoms with Crippen molar-refractivity contribution in [3.63, 3.8) is 0 Å². The van der Waals surface area contributed by atoms with Crippen molar-refractivity contribution in [3.05, 3.63) is 29.8 Å². The molecule has 2 atom stereocenters. The summed E-state index contributed by atoms with van der Waals surface area (Å²) in [7, 11) is -3.58. The quantitative estimate of drug-likeness (QED) is 0.791. The molecule has 2 aliphatic heterocycles. The third kappa shape index (κ3) is 2.31. The monoisotopic (exact) mass is 309 g/mol. The molecule has 0 spiro atoms. The number of hydrogen-bond acceptors (Lipinski definition) is 4. The second-order valence-corrected chi connectivity index (χ2v) is 7.71. The minimum atomic E-state index is -3.58. The van der Waals surface area contributed by atoms with Gasteiger partial charge in [0.05, 0.1) is 17.5 Å². The van der Waals surface area contributed by atoms with Crippen LogP contribution in [0.4, 0.5) is 0 Å². The molecule has 2 saturated heterocycles. The largest absolute Gasteiger partial charge is 0.360 e. The van der Waals surface area contributed by atoms with Crippen LogP contribution < -0.4 is 0 Å². The van der Waals surface area contributed by atoms with Gasteiger partial charge in [-0.1, -0.05) is 17.7 Å². The number of nitrogens with zero attached hydrogens (tertiary/aromatic N) is 1. The number of aryl methyl sites for hydroxylation is 1. The van der Waals surface area contributed by atoms with Gasteiger partial charge in [-0.25, -0.2) is 8.42 Å². The maximum absolute atomic E-state index is 12.8. The lowest BCUT2D eigenvalue weighted by molar-refractivity contribution is -0.123. The predicted octanol–water partition coefficient (Wildman–Crippen LogP) is 1.51. The highest BCUT2D eigenvalue weighted by atomic mass is 32.2. The van der Waals surface area contributed by atoms with E-state index in [0.29, 0.717) is 19.6 Å². The maximum atomic E-state index is 12.8. The van der Waals surface area contributed by atoms with E-state index in [1.807, 2.05) is 6.92 Å². The Morgan fingerprint density at radius 2 is 1.95 bits per heavy atom. The number of sulfonamides is 1. The first-order valence-corrected chi connectivity index (χ1v) is 8.55. The molecule has 114 valence electrons. The molecule has 1 aromatic carbocycles. The molecule has 0 saturated carbocycles. The maximum Gasteiger partial charge on any atom is 0.243 e. The van der Waals surface area contributed by atoms with Crippen LogP contribution in [0.15, 0.2) is 29.2 Å². The van der Waals surface area contributed by atoms with E-state index in [1.54, 1.807) is 24.3 Å². The highest BCUT2D eigenvalue weighted by Crippen LogP contribution is 2.42. The molecule has 0 amide bonds. The summed E-state index contributed by atoms with van der Waals surface area (Å²) in [5.41, 5.74) is 0.103. The van der Waals surface area contributed by atoms with E-state index in [-0.39, 0.29) is 16.7 Å². The van der Waals surface area contributed by atoms with E-state index in [4.69, 9.17) is 4.74 Å². The van der Waals surface area contributed by atoms with Gasteiger partial charge >= 0.3 is 0 Å². The number of benzene rings is 1. The van der Waals surface area contributed by atoms with Gasteiger partial charge in [0.25, 0.3) is 0 Å². The van der Waals surface area contributed by atoms with Gasteiger partial charge in [-0.2, -0.15) is 4.31 Å². The average Bonchev–Trinajstić information content (AvgIpc) is 3.09. The zero-order valence-corrected chi connectivity index (χ0v) is 13.0. The number of carbonyl (C=O) groups excluding carboxylic acids is 1. The fraction of sp³-hybridized carbons (Fsp3) is 0.533. The van der Waals surface area contributed by atoms with Gasteiger partial charge in [0.1, 0.15) is 0 Å². The number of Topliss-reactive ketones (excluding diaryl/α,β-unsaturated/α-hetero) is 1. The van der Waals surface area contributed by atoms with Crippen molar-refractivity contribution in [2.24, 2.45) is 0 Å². The van der Waals surface area contributed by atoms with Gasteiger partial charge in [-0.3, -0.25) is 4.79 Å². The van der Waals surface area contributed by atoms with Crippen LogP contribution in [-0.2, 0) is 19.6 Å². The summed E-state index contributed by atoms with van der Waals surface area (Å²) in [6.45, 7) is 4.16. The Morgan fingerprint density at radius 3 is 2.48 bits per heavy atom. The van der Waals surface area contributed by atoms with Gasteiger partial charge in [0, 0.05) is 6.54 Å². The van der Waals surface area contributed by atoms with Crippen molar-refractivity contribution < 1.29 is 17.9 Å². The number of ether oxygens (including phenoxy) is 1. The summed E-state index contributed by atoms with van der Waals surface area (Å²) >= 11 is 0. The molecule has 0 aliphatic carbocycles. The average molecular weight is 309 g/mol. The third-order valence-corrected chi connectivity index (χ3v) is 6.34. The van der Waals surface area contributed by atoms with Crippen LogP contribution in [0.3, 0.4) is 0 Å². The van der Waals surface area contributed by atoms with Crippen LogP contribution in [0.2, 0.25) is 0 Å². The molecule has 2 aliphatic rings. The Kier molecular flexibility index (Phi) is 3.43. The van der Waals surface area contributed by atoms with Crippen LogP contribution in [0.5, 0.6) is 0 Å². The number of hydrogen-bond donors (Lipinski definition) is 0. The van der Waals surface area contributed by atoms with Crippen LogP contribution in [0, 0.1) is 6.92 Å². The first-order chi connectivity index (χ1) is 9.88. The molecular formula is C15H19NO4S. The Labute approximate surface area is 124 Å². The van der Waals surface area contributed by atoms with Crippen LogP contribution in [0.25, 0.3) is 0 Å². The predicted molar refractivity (Wildman–Crippen MR) is 77.5 cm³/mol. The summed E-state index contributed by atoms with van der Waals surface area (Å²) in [6.07, 6.45) is 1.43. The zero-order chi connectivity index (χ0) is 15.3. The molecule has 2 heterocycles. The van der Waals surface area contributed by atoms with Crippen molar-refractivity contribution in [2.45, 2.75) is 43.2 Å². The highest BCUT2D eigenvalue weighted by molar-refractivity contribution is 7.89. The van der Waals surface area contributed by atoms with Crippen molar-refractivity contribution in [3.8, 4) is 0 Å². The van der Waals surface area contributed by atoms with Gasteiger partial charge < -0.3 is 4.74 Å². The summed E-state index contributed by atoms with van der Waals surface area (Å²) in [5.74, 6) is -0.0847. The molecular weight excluding hydrogens is 290 g/mol. The van der Waals surface area contributed by atoms with E-state index in [0.717, 1.165) is 12.0 Å². The lowest BCUT2D eigenvalue weighted by Gasteiger charge is -2.27. The first-order valence-electron chi connectivity index (χ1n) is 7.11. The Morgan fingerprint density at radius 1 is 1.33 bits per heavy atom. The Hall–Kier alpha value is -1.24. The zero-order valence-electron chi connectivity index (χ0n) is 12.2. The van der Waals surface area contributed by atoms with Gasteiger partial charge in [0.2, 0.25) is 10.0 Å². The molecule has 1 aromatic rings. The van der Waals surface area contributed by atoms with Crippen molar-refractivity contribution in [2.75, 3.05) is 13.2 Å². The molecule has 21 heavy (non-hydrogen) atoms. The standard InChI is InChI=1S/C15H19NO4S/c1-11-5-7-13(8-6-11)21(18,19)16-9-3-4-14(16)15(10-20-15)12(2)17/h5-8,14H,3-4,9-10H2,1-2H3/t14-,15-/m1/s1. The number of rotatable bonds is 4. The smallest absolute Gasteiger partial charge is 0.243 e. The Bertz CT molecular complexity index is 661. The fourth-order valence-corrected chi connectivity index (χ4v) is 4.78. The first kappa shape index (κ1) is 14.7. The summed E-state index contributed by atoms with van der Waals surface area (Å²) in [5, 5.41) is 0. The molecule has 2 fully saturated rings. The summed E-state index contributed by atoms with van der Waals surface area (Å²) < 4.78 is 32.4. The van der Waals surface area contributed by atoms with Crippen molar-refractivity contribution in [1.82, 2.24) is 4.31 Å². The normalized spacial score (nSPS) is 29.5. The van der Waals surface area contributed by atoms with E-state index in [9.17, 15) is 13.2 Å². The Balaban J connectivity index is 1.95. The molecule has 0 unspecified atom stereocenters. The van der Waals surface area contributed by atoms with Crippen molar-refractivity contribution in [1.29, 1.82) is 0 Å². The second-order valence-electron chi connectivity index (χ2n) is 5.82. The second kappa shape index (κ2) is 4.90. The number of carbonyl (C=O) groups is 1. The van der Waals surface area contributed by atoms with Gasteiger partial charge in [0.15, 0.2) is 11.4 Å². The number of epoxide rings is 1. The summed E-state index contributed by atoms with van der Waals surface area (Å²) in [6, 6.07) is 6.43. The molecule has 6 heteroatoms. The van der Waals surface area contributed by atoms with Gasteiger partial charge in [-0.15, -0.1) is 0 Å². The van der Waals surface area contributed by atoms with E-state index >= 15 is 0 Å². The lowest BCUT2D eigenvalue weighted by atomic mass is 9.95. The van der Waals surface area contributed by atoms with Crippen LogP contribution in [0.1, 0.15) is 25.3 Å². The van der Waals surface area contributed by atoms with Gasteiger partial charge in [-0.05, 0) is 38.8 Å². The highest BCUT2D eigenvalue weighted by Gasteiger charge is 2.60. The molecule has 3 rings (SSSR count). The lowest BCUT2D eigenvalue weighted by Crippen LogP contribution is -2.48. The summed E-state index contributed by atoms with van der Waals surface area (Å²) in [4.78, 5) is 12.1. The topological polar surface area (TPSA) is 67.0 Å². The van der Waals surface area contributed by atoms with E-state index in [2.05, 4.69) is 0 Å². The SMILES string of the molecule is CC(=O)[C@@]1([C@H]2CCCN2S(=O)(=O)c2ccc(C)cc2)CO1. The minimum Gasteiger partial charge on any atom is -0.360 e.